The summed E-state index contributed by atoms with van der Waals surface area (Å²) in [5.74, 6) is 0. The van der Waals surface area contributed by atoms with Gasteiger partial charge in [0.2, 0.25) is 10.0 Å². The third-order valence-corrected chi connectivity index (χ3v) is 7.06. The van der Waals surface area contributed by atoms with Crippen molar-refractivity contribution in [2.75, 3.05) is 13.1 Å². The molecule has 4 nitrogen and oxygen atoms in total. The van der Waals surface area contributed by atoms with Gasteiger partial charge in [0.25, 0.3) is 0 Å². The van der Waals surface area contributed by atoms with Gasteiger partial charge in [0.15, 0.2) is 0 Å². The summed E-state index contributed by atoms with van der Waals surface area (Å²) in [6.07, 6.45) is 0. The van der Waals surface area contributed by atoms with Crippen molar-refractivity contribution >= 4 is 21.6 Å². The van der Waals surface area contributed by atoms with E-state index in [1.165, 1.54) is 5.56 Å². The summed E-state index contributed by atoms with van der Waals surface area (Å²) >= 11 is 6.12. The average molecular weight is 379 g/mol. The SMILES string of the molecule is CC1CN(S(=O)(=O)c2ccccc2Cl)CC(C)N1Cc1ccccc1. The summed E-state index contributed by atoms with van der Waals surface area (Å²) in [6, 6.07) is 17.2. The van der Waals surface area contributed by atoms with Crippen LogP contribution in [0.5, 0.6) is 0 Å². The minimum absolute atomic E-state index is 0.126. The minimum atomic E-state index is -3.58. The Morgan fingerprint density at radius 1 is 0.960 bits per heavy atom. The molecule has 2 aromatic rings. The lowest BCUT2D eigenvalue weighted by Gasteiger charge is -2.43. The summed E-state index contributed by atoms with van der Waals surface area (Å²) in [5.41, 5.74) is 1.24. The third-order valence-electron chi connectivity index (χ3n) is 4.73. The Morgan fingerprint density at radius 2 is 1.52 bits per heavy atom. The predicted molar refractivity (Wildman–Crippen MR) is 101 cm³/mol. The van der Waals surface area contributed by atoms with Gasteiger partial charge in [-0.15, -0.1) is 0 Å². The van der Waals surface area contributed by atoms with Crippen LogP contribution >= 0.6 is 11.6 Å². The molecule has 2 unspecified atom stereocenters. The van der Waals surface area contributed by atoms with Gasteiger partial charge in [0.05, 0.1) is 5.02 Å². The molecule has 6 heteroatoms. The number of nitrogens with zero attached hydrogens (tertiary/aromatic N) is 2. The highest BCUT2D eigenvalue weighted by Gasteiger charge is 2.36. The van der Waals surface area contributed by atoms with Crippen molar-refractivity contribution in [3.8, 4) is 0 Å². The monoisotopic (exact) mass is 378 g/mol. The van der Waals surface area contributed by atoms with Gasteiger partial charge in [0, 0.05) is 31.7 Å². The van der Waals surface area contributed by atoms with Crippen LogP contribution in [0.2, 0.25) is 5.02 Å². The molecule has 0 saturated carbocycles. The normalized spacial score (nSPS) is 22.8. The Balaban J connectivity index is 1.79. The van der Waals surface area contributed by atoms with Crippen molar-refractivity contribution in [1.82, 2.24) is 9.21 Å². The fourth-order valence-electron chi connectivity index (χ4n) is 3.40. The fourth-order valence-corrected chi connectivity index (χ4v) is 5.50. The lowest BCUT2D eigenvalue weighted by Crippen LogP contribution is -2.57. The zero-order valence-electron chi connectivity index (χ0n) is 14.5. The van der Waals surface area contributed by atoms with Crippen molar-refractivity contribution in [3.05, 3.63) is 65.2 Å². The van der Waals surface area contributed by atoms with Crippen LogP contribution in [0.1, 0.15) is 19.4 Å². The van der Waals surface area contributed by atoms with Gasteiger partial charge < -0.3 is 0 Å². The maximum atomic E-state index is 13.0. The van der Waals surface area contributed by atoms with E-state index in [0.29, 0.717) is 13.1 Å². The summed E-state index contributed by atoms with van der Waals surface area (Å²) in [7, 11) is -3.58. The smallest absolute Gasteiger partial charge is 0.244 e. The van der Waals surface area contributed by atoms with Crippen molar-refractivity contribution in [1.29, 1.82) is 0 Å². The van der Waals surface area contributed by atoms with Crippen LogP contribution < -0.4 is 0 Å². The van der Waals surface area contributed by atoms with E-state index in [1.807, 2.05) is 18.2 Å². The first kappa shape index (κ1) is 18.4. The fraction of sp³-hybridized carbons (Fsp3) is 0.368. The van der Waals surface area contributed by atoms with E-state index in [1.54, 1.807) is 28.6 Å². The van der Waals surface area contributed by atoms with Crippen molar-refractivity contribution in [2.24, 2.45) is 0 Å². The average Bonchev–Trinajstić information content (AvgIpc) is 2.59. The predicted octanol–water partition coefficient (Wildman–Crippen LogP) is 3.62. The lowest BCUT2D eigenvalue weighted by atomic mass is 10.1. The number of benzene rings is 2. The lowest BCUT2D eigenvalue weighted by molar-refractivity contribution is 0.0699. The minimum Gasteiger partial charge on any atom is -0.291 e. The van der Waals surface area contributed by atoms with Crippen LogP contribution in [0.15, 0.2) is 59.5 Å². The molecule has 1 heterocycles. The molecule has 2 atom stereocenters. The molecule has 0 spiro atoms. The summed E-state index contributed by atoms with van der Waals surface area (Å²) in [5, 5.41) is 0.273. The molecule has 0 amide bonds. The van der Waals surface area contributed by atoms with Gasteiger partial charge in [-0.3, -0.25) is 4.90 Å². The molecule has 1 saturated heterocycles. The molecule has 0 aliphatic carbocycles. The first-order valence-electron chi connectivity index (χ1n) is 8.44. The highest BCUT2D eigenvalue weighted by molar-refractivity contribution is 7.89. The maximum absolute atomic E-state index is 13.0. The molecular formula is C19H23ClN2O2S. The van der Waals surface area contributed by atoms with Crippen LogP contribution in [0.25, 0.3) is 0 Å². The van der Waals surface area contributed by atoms with E-state index >= 15 is 0 Å². The highest BCUT2D eigenvalue weighted by Crippen LogP contribution is 2.28. The van der Waals surface area contributed by atoms with Crippen molar-refractivity contribution in [3.63, 3.8) is 0 Å². The highest BCUT2D eigenvalue weighted by atomic mass is 35.5. The number of halogens is 1. The maximum Gasteiger partial charge on any atom is 0.244 e. The van der Waals surface area contributed by atoms with E-state index in [9.17, 15) is 8.42 Å². The molecule has 0 bridgehead atoms. The van der Waals surface area contributed by atoms with E-state index in [4.69, 9.17) is 11.6 Å². The van der Waals surface area contributed by atoms with Crippen LogP contribution in [-0.2, 0) is 16.6 Å². The molecular weight excluding hydrogens is 356 g/mol. The quantitative estimate of drug-likeness (QED) is 0.815. The number of sulfonamides is 1. The second-order valence-corrected chi connectivity index (χ2v) is 8.92. The standard InChI is InChI=1S/C19H23ClN2O2S/c1-15-12-21(25(23,24)19-11-7-6-10-18(19)20)13-16(2)22(15)14-17-8-4-3-5-9-17/h3-11,15-16H,12-14H2,1-2H3. The molecule has 1 aliphatic heterocycles. The molecule has 25 heavy (non-hydrogen) atoms. The van der Waals surface area contributed by atoms with E-state index < -0.39 is 10.0 Å². The van der Waals surface area contributed by atoms with E-state index in [-0.39, 0.29) is 22.0 Å². The van der Waals surface area contributed by atoms with E-state index in [2.05, 4.69) is 30.9 Å². The molecule has 1 fully saturated rings. The van der Waals surface area contributed by atoms with Crippen LogP contribution in [-0.4, -0.2) is 42.8 Å². The van der Waals surface area contributed by atoms with Gasteiger partial charge in [-0.05, 0) is 31.5 Å². The summed E-state index contributed by atoms with van der Waals surface area (Å²) in [4.78, 5) is 2.54. The Labute approximate surface area is 155 Å². The van der Waals surface area contributed by atoms with Gasteiger partial charge in [-0.25, -0.2) is 8.42 Å². The Kier molecular flexibility index (Phi) is 5.49. The number of rotatable bonds is 4. The molecule has 1 aliphatic rings. The molecule has 0 radical (unpaired) electrons. The second kappa shape index (κ2) is 7.46. The van der Waals surface area contributed by atoms with Gasteiger partial charge in [0.1, 0.15) is 4.90 Å². The Bertz CT molecular complexity index is 814. The molecule has 134 valence electrons. The van der Waals surface area contributed by atoms with Crippen LogP contribution in [0, 0.1) is 0 Å². The number of hydrogen-bond donors (Lipinski definition) is 0. The number of hydrogen-bond acceptors (Lipinski definition) is 3. The number of piperazine rings is 1. The molecule has 0 N–H and O–H groups in total. The van der Waals surface area contributed by atoms with Crippen molar-refractivity contribution in [2.45, 2.75) is 37.4 Å². The molecule has 3 rings (SSSR count). The van der Waals surface area contributed by atoms with Gasteiger partial charge >= 0.3 is 0 Å². The second-order valence-electron chi connectivity index (χ2n) is 6.61. The topological polar surface area (TPSA) is 40.6 Å². The van der Waals surface area contributed by atoms with Crippen LogP contribution in [0.3, 0.4) is 0 Å². The summed E-state index contributed by atoms with van der Waals surface area (Å²) in [6.45, 7) is 5.90. The van der Waals surface area contributed by atoms with E-state index in [0.717, 1.165) is 6.54 Å². The van der Waals surface area contributed by atoms with Gasteiger partial charge in [-0.2, -0.15) is 4.31 Å². The third kappa shape index (κ3) is 3.90. The van der Waals surface area contributed by atoms with Gasteiger partial charge in [-0.1, -0.05) is 54.1 Å². The largest absolute Gasteiger partial charge is 0.291 e. The zero-order valence-corrected chi connectivity index (χ0v) is 16.0. The summed E-state index contributed by atoms with van der Waals surface area (Å²) < 4.78 is 27.5. The molecule has 0 aromatic heterocycles. The Morgan fingerprint density at radius 3 is 2.12 bits per heavy atom. The first-order valence-corrected chi connectivity index (χ1v) is 10.3. The zero-order chi connectivity index (χ0) is 18.0. The van der Waals surface area contributed by atoms with Crippen molar-refractivity contribution < 1.29 is 8.42 Å². The first-order chi connectivity index (χ1) is 11.9. The molecule has 2 aromatic carbocycles. The van der Waals surface area contributed by atoms with Crippen LogP contribution in [0.4, 0.5) is 0 Å². The Hall–Kier alpha value is -1.40.